The molecule has 1 aromatic rings. The molecule has 0 bridgehead atoms. The van der Waals surface area contributed by atoms with Crippen molar-refractivity contribution in [2.24, 2.45) is 5.92 Å². The summed E-state index contributed by atoms with van der Waals surface area (Å²) in [5.74, 6) is -1.71. The summed E-state index contributed by atoms with van der Waals surface area (Å²) in [4.78, 5) is 33.3. The zero-order chi connectivity index (χ0) is 14.5. The van der Waals surface area contributed by atoms with E-state index < -0.39 is 11.9 Å². The lowest BCUT2D eigenvalue weighted by molar-refractivity contribution is -0.139. The van der Waals surface area contributed by atoms with Gasteiger partial charge in [0.25, 0.3) is 0 Å². The van der Waals surface area contributed by atoms with Gasteiger partial charge in [0.05, 0.1) is 6.42 Å². The molecule has 1 saturated carbocycles. The first-order chi connectivity index (χ1) is 9.58. The fourth-order valence-electron chi connectivity index (χ4n) is 2.06. The van der Waals surface area contributed by atoms with Crippen LogP contribution in [0.5, 0.6) is 0 Å². The summed E-state index contributed by atoms with van der Waals surface area (Å²) >= 11 is 0. The quantitative estimate of drug-likeness (QED) is 0.693. The molecular weight excluding hydrogens is 260 g/mol. The van der Waals surface area contributed by atoms with Crippen molar-refractivity contribution in [3.63, 3.8) is 0 Å². The van der Waals surface area contributed by atoms with Crippen LogP contribution in [0.25, 0.3) is 0 Å². The Labute approximate surface area is 116 Å². The highest BCUT2D eigenvalue weighted by molar-refractivity contribution is 5.86. The molecular formula is C14H16N2O4. The molecule has 0 aromatic heterocycles. The SMILES string of the molecule is O=C(O)CCC(=O)NNC(=O)C1CC1c1ccccc1. The molecule has 2 unspecified atom stereocenters. The molecule has 0 radical (unpaired) electrons. The zero-order valence-corrected chi connectivity index (χ0v) is 10.8. The molecule has 1 fully saturated rings. The van der Waals surface area contributed by atoms with Gasteiger partial charge in [-0.3, -0.25) is 25.2 Å². The Hall–Kier alpha value is -2.37. The lowest BCUT2D eigenvalue weighted by atomic mass is 10.1. The number of hydrogen-bond donors (Lipinski definition) is 3. The topological polar surface area (TPSA) is 95.5 Å². The van der Waals surface area contributed by atoms with Gasteiger partial charge in [-0.25, -0.2) is 0 Å². The number of amides is 2. The predicted molar refractivity (Wildman–Crippen MR) is 70.4 cm³/mol. The molecule has 1 aliphatic rings. The maximum Gasteiger partial charge on any atom is 0.303 e. The number of nitrogens with one attached hydrogen (secondary N) is 2. The summed E-state index contributed by atoms with van der Waals surface area (Å²) in [5, 5.41) is 8.43. The second kappa shape index (κ2) is 6.18. The van der Waals surface area contributed by atoms with E-state index in [1.165, 1.54) is 0 Å². The van der Waals surface area contributed by atoms with E-state index in [2.05, 4.69) is 10.9 Å². The Bertz CT molecular complexity index is 515. The van der Waals surface area contributed by atoms with Gasteiger partial charge in [-0.2, -0.15) is 0 Å². The summed E-state index contributed by atoms with van der Waals surface area (Å²) in [7, 11) is 0. The lowest BCUT2D eigenvalue weighted by Crippen LogP contribution is -2.42. The van der Waals surface area contributed by atoms with E-state index in [4.69, 9.17) is 5.11 Å². The maximum atomic E-state index is 11.8. The summed E-state index contributed by atoms with van der Waals surface area (Å²) in [5.41, 5.74) is 5.68. The summed E-state index contributed by atoms with van der Waals surface area (Å²) in [6.45, 7) is 0. The number of carbonyl (C=O) groups is 3. The Morgan fingerprint density at radius 1 is 1.10 bits per heavy atom. The second-order valence-corrected chi connectivity index (χ2v) is 4.79. The van der Waals surface area contributed by atoms with Crippen LogP contribution in [0.3, 0.4) is 0 Å². The van der Waals surface area contributed by atoms with Gasteiger partial charge in [-0.1, -0.05) is 30.3 Å². The average molecular weight is 276 g/mol. The van der Waals surface area contributed by atoms with Crippen molar-refractivity contribution in [2.45, 2.75) is 25.2 Å². The van der Waals surface area contributed by atoms with E-state index in [-0.39, 0.29) is 30.6 Å². The number of hydrogen-bond acceptors (Lipinski definition) is 3. The van der Waals surface area contributed by atoms with Crippen LogP contribution in [0.4, 0.5) is 0 Å². The molecule has 1 aromatic carbocycles. The number of carboxylic acids is 1. The highest BCUT2D eigenvalue weighted by Gasteiger charge is 2.43. The molecule has 2 rings (SSSR count). The molecule has 20 heavy (non-hydrogen) atoms. The summed E-state index contributed by atoms with van der Waals surface area (Å²) in [6, 6.07) is 9.73. The smallest absolute Gasteiger partial charge is 0.303 e. The van der Waals surface area contributed by atoms with Gasteiger partial charge < -0.3 is 5.11 Å². The van der Waals surface area contributed by atoms with E-state index in [1.54, 1.807) is 0 Å². The zero-order valence-electron chi connectivity index (χ0n) is 10.8. The average Bonchev–Trinajstić information content (AvgIpc) is 3.24. The minimum absolute atomic E-state index is 0.128. The number of carbonyl (C=O) groups excluding carboxylic acids is 2. The minimum Gasteiger partial charge on any atom is -0.481 e. The van der Waals surface area contributed by atoms with E-state index in [0.717, 1.165) is 12.0 Å². The third-order valence-electron chi connectivity index (χ3n) is 3.25. The molecule has 0 spiro atoms. The number of aliphatic carboxylic acids is 1. The number of hydrazine groups is 1. The normalized spacial score (nSPS) is 20.0. The van der Waals surface area contributed by atoms with Crippen LogP contribution in [-0.2, 0) is 14.4 Å². The largest absolute Gasteiger partial charge is 0.481 e. The van der Waals surface area contributed by atoms with Crippen molar-refractivity contribution in [1.29, 1.82) is 0 Å². The highest BCUT2D eigenvalue weighted by atomic mass is 16.4. The molecule has 106 valence electrons. The Balaban J connectivity index is 1.72. The molecule has 6 heteroatoms. The molecule has 0 heterocycles. The number of benzene rings is 1. The maximum absolute atomic E-state index is 11.8. The second-order valence-electron chi connectivity index (χ2n) is 4.79. The number of carboxylic acid groups (broad SMARTS) is 1. The minimum atomic E-state index is -1.04. The van der Waals surface area contributed by atoms with Gasteiger partial charge in [0, 0.05) is 12.3 Å². The van der Waals surface area contributed by atoms with E-state index >= 15 is 0 Å². The van der Waals surface area contributed by atoms with Crippen LogP contribution >= 0.6 is 0 Å². The van der Waals surface area contributed by atoms with Crippen LogP contribution in [0.15, 0.2) is 30.3 Å². The fraction of sp³-hybridized carbons (Fsp3) is 0.357. The van der Waals surface area contributed by atoms with Crippen LogP contribution < -0.4 is 10.9 Å². The van der Waals surface area contributed by atoms with Gasteiger partial charge in [0.15, 0.2) is 0 Å². The standard InChI is InChI=1S/C14H16N2O4/c17-12(6-7-13(18)19)15-16-14(20)11-8-10(11)9-4-2-1-3-5-9/h1-5,10-11H,6-8H2,(H,15,17)(H,16,20)(H,18,19). The van der Waals surface area contributed by atoms with Gasteiger partial charge >= 0.3 is 5.97 Å². The molecule has 6 nitrogen and oxygen atoms in total. The monoisotopic (exact) mass is 276 g/mol. The van der Waals surface area contributed by atoms with E-state index in [9.17, 15) is 14.4 Å². The molecule has 0 aliphatic heterocycles. The van der Waals surface area contributed by atoms with Crippen LogP contribution in [-0.4, -0.2) is 22.9 Å². The van der Waals surface area contributed by atoms with Gasteiger partial charge in [0.2, 0.25) is 11.8 Å². The van der Waals surface area contributed by atoms with Crippen molar-refractivity contribution < 1.29 is 19.5 Å². The predicted octanol–water partition coefficient (Wildman–Crippen LogP) is 0.802. The van der Waals surface area contributed by atoms with Gasteiger partial charge in [-0.15, -0.1) is 0 Å². The van der Waals surface area contributed by atoms with Crippen molar-refractivity contribution >= 4 is 17.8 Å². The summed E-state index contributed by atoms with van der Waals surface area (Å²) < 4.78 is 0. The third-order valence-corrected chi connectivity index (χ3v) is 3.25. The van der Waals surface area contributed by atoms with Gasteiger partial charge in [0.1, 0.15) is 0 Å². The first-order valence-electron chi connectivity index (χ1n) is 6.43. The van der Waals surface area contributed by atoms with Gasteiger partial charge in [-0.05, 0) is 17.9 Å². The van der Waals surface area contributed by atoms with Crippen LogP contribution in [0.1, 0.15) is 30.7 Å². The Kier molecular flexibility index (Phi) is 4.34. The third kappa shape index (κ3) is 3.81. The fourth-order valence-corrected chi connectivity index (χ4v) is 2.06. The first-order valence-corrected chi connectivity index (χ1v) is 6.43. The highest BCUT2D eigenvalue weighted by Crippen LogP contribution is 2.47. The molecule has 2 atom stereocenters. The van der Waals surface area contributed by atoms with Crippen molar-refractivity contribution in [2.75, 3.05) is 0 Å². The van der Waals surface area contributed by atoms with Crippen LogP contribution in [0, 0.1) is 5.92 Å². The van der Waals surface area contributed by atoms with E-state index in [0.29, 0.717) is 0 Å². The lowest BCUT2D eigenvalue weighted by Gasteiger charge is -2.06. The molecule has 2 amide bonds. The first kappa shape index (κ1) is 14.0. The molecule has 3 N–H and O–H groups in total. The van der Waals surface area contributed by atoms with Crippen molar-refractivity contribution in [1.82, 2.24) is 10.9 Å². The molecule has 1 aliphatic carbocycles. The van der Waals surface area contributed by atoms with E-state index in [1.807, 2.05) is 30.3 Å². The van der Waals surface area contributed by atoms with Crippen molar-refractivity contribution in [3.05, 3.63) is 35.9 Å². The number of rotatable bonds is 5. The van der Waals surface area contributed by atoms with Crippen molar-refractivity contribution in [3.8, 4) is 0 Å². The summed E-state index contributed by atoms with van der Waals surface area (Å²) in [6.07, 6.45) is 0.362. The Morgan fingerprint density at radius 2 is 1.80 bits per heavy atom. The van der Waals surface area contributed by atoms with Crippen LogP contribution in [0.2, 0.25) is 0 Å². The Morgan fingerprint density at radius 3 is 2.45 bits per heavy atom. The molecule has 0 saturated heterocycles.